The van der Waals surface area contributed by atoms with Crippen molar-refractivity contribution in [3.63, 3.8) is 0 Å². The van der Waals surface area contributed by atoms with Crippen molar-refractivity contribution in [2.24, 2.45) is 0 Å². The zero-order valence-electron chi connectivity index (χ0n) is 10.3. The molecule has 1 rings (SSSR count). The van der Waals surface area contributed by atoms with Gasteiger partial charge in [-0.25, -0.2) is 4.57 Å². The van der Waals surface area contributed by atoms with Crippen LogP contribution in [0.2, 0.25) is 0 Å². The van der Waals surface area contributed by atoms with Crippen LogP contribution in [0.25, 0.3) is 0 Å². The molecule has 16 heavy (non-hydrogen) atoms. The molecule has 0 atom stereocenters. The van der Waals surface area contributed by atoms with E-state index in [-0.39, 0.29) is 13.2 Å². The van der Waals surface area contributed by atoms with E-state index in [1.54, 1.807) is 13.8 Å². The highest BCUT2D eigenvalue weighted by molar-refractivity contribution is 7.47. The van der Waals surface area contributed by atoms with E-state index in [1.807, 2.05) is 0 Å². The van der Waals surface area contributed by atoms with Gasteiger partial charge in [-0.05, 0) is 13.8 Å². The summed E-state index contributed by atoms with van der Waals surface area (Å²) in [6.07, 6.45) is 4.11. The van der Waals surface area contributed by atoms with Gasteiger partial charge in [0, 0.05) is 26.5 Å². The molecule has 6 nitrogen and oxygen atoms in total. The zero-order valence-corrected chi connectivity index (χ0v) is 11.2. The minimum absolute atomic E-state index is 0.188. The molecule has 0 radical (unpaired) electrons. The summed E-state index contributed by atoms with van der Waals surface area (Å²) in [5.41, 5.74) is 0. The summed E-state index contributed by atoms with van der Waals surface area (Å²) in [4.78, 5) is 12.9. The van der Waals surface area contributed by atoms with Gasteiger partial charge in [-0.3, -0.25) is 9.05 Å². The van der Waals surface area contributed by atoms with Crippen molar-refractivity contribution in [3.8, 4) is 0 Å². The first-order valence-corrected chi connectivity index (χ1v) is 6.61. The van der Waals surface area contributed by atoms with Crippen LogP contribution in [-0.4, -0.2) is 48.7 Å². The van der Waals surface area contributed by atoms with Gasteiger partial charge in [0.1, 0.15) is 0 Å². The lowest BCUT2D eigenvalue weighted by atomic mass is 10.9. The summed E-state index contributed by atoms with van der Waals surface area (Å²) in [5, 5.41) is 0. The van der Waals surface area contributed by atoms with E-state index in [2.05, 4.69) is 45.3 Å². The van der Waals surface area contributed by atoms with Crippen molar-refractivity contribution < 1.29 is 18.5 Å². The SMILES string of the molecule is CCOP(=O)(O)OCC.CN1C=CN(C)C1. The summed E-state index contributed by atoms with van der Waals surface area (Å²) in [6, 6.07) is 0. The summed E-state index contributed by atoms with van der Waals surface area (Å²) < 4.78 is 19.2. The lowest BCUT2D eigenvalue weighted by molar-refractivity contribution is 0.161. The summed E-state index contributed by atoms with van der Waals surface area (Å²) in [7, 11) is 0.419. The van der Waals surface area contributed by atoms with E-state index in [1.165, 1.54) is 0 Å². The van der Waals surface area contributed by atoms with E-state index < -0.39 is 7.82 Å². The smallest absolute Gasteiger partial charge is 0.362 e. The predicted octanol–water partition coefficient (Wildman–Crippen LogP) is 1.45. The van der Waals surface area contributed by atoms with Gasteiger partial charge in [0.2, 0.25) is 0 Å². The number of hydrogen-bond donors (Lipinski definition) is 1. The fourth-order valence-corrected chi connectivity index (χ4v) is 1.76. The van der Waals surface area contributed by atoms with Gasteiger partial charge in [-0.2, -0.15) is 0 Å². The maximum Gasteiger partial charge on any atom is 0.472 e. The Morgan fingerprint density at radius 3 is 1.75 bits per heavy atom. The van der Waals surface area contributed by atoms with Crippen molar-refractivity contribution >= 4 is 7.82 Å². The highest BCUT2D eigenvalue weighted by atomic mass is 31.2. The van der Waals surface area contributed by atoms with Crippen LogP contribution in [-0.2, 0) is 13.6 Å². The minimum Gasteiger partial charge on any atom is -0.362 e. The van der Waals surface area contributed by atoms with Crippen molar-refractivity contribution in [1.29, 1.82) is 0 Å². The fraction of sp³-hybridized carbons (Fsp3) is 0.778. The van der Waals surface area contributed by atoms with E-state index in [0.717, 1.165) is 6.67 Å². The molecule has 0 saturated carbocycles. The lowest BCUT2D eigenvalue weighted by Gasteiger charge is -2.10. The second kappa shape index (κ2) is 7.68. The zero-order chi connectivity index (χ0) is 12.6. The third-order valence-corrected chi connectivity index (χ3v) is 2.78. The van der Waals surface area contributed by atoms with Gasteiger partial charge >= 0.3 is 7.82 Å². The van der Waals surface area contributed by atoms with Crippen LogP contribution in [0.15, 0.2) is 12.4 Å². The van der Waals surface area contributed by atoms with Gasteiger partial charge < -0.3 is 14.7 Å². The van der Waals surface area contributed by atoms with Gasteiger partial charge in [-0.1, -0.05) is 0 Å². The third kappa shape index (κ3) is 7.70. The Kier molecular flexibility index (Phi) is 7.42. The maximum atomic E-state index is 10.5. The second-order valence-corrected chi connectivity index (χ2v) is 4.71. The Morgan fingerprint density at radius 1 is 1.19 bits per heavy atom. The van der Waals surface area contributed by atoms with Crippen molar-refractivity contribution in [2.45, 2.75) is 13.8 Å². The topological polar surface area (TPSA) is 62.2 Å². The number of hydrogen-bond acceptors (Lipinski definition) is 5. The second-order valence-electron chi connectivity index (χ2n) is 3.26. The number of phosphoric acid groups is 1. The molecule has 0 fully saturated rings. The predicted molar refractivity (Wildman–Crippen MR) is 62.6 cm³/mol. The van der Waals surface area contributed by atoms with E-state index >= 15 is 0 Å². The van der Waals surface area contributed by atoms with Crippen molar-refractivity contribution in [1.82, 2.24) is 9.80 Å². The normalized spacial score (nSPS) is 15.1. The molecule has 1 aliphatic rings. The van der Waals surface area contributed by atoms with Crippen LogP contribution in [0.3, 0.4) is 0 Å². The van der Waals surface area contributed by atoms with Crippen LogP contribution >= 0.6 is 7.82 Å². The lowest BCUT2D eigenvalue weighted by Crippen LogP contribution is -2.17. The first kappa shape index (κ1) is 15.4. The van der Waals surface area contributed by atoms with Crippen molar-refractivity contribution in [3.05, 3.63) is 12.4 Å². The maximum absolute atomic E-state index is 10.5. The van der Waals surface area contributed by atoms with Crippen LogP contribution in [0.5, 0.6) is 0 Å². The molecule has 0 spiro atoms. The molecule has 0 unspecified atom stereocenters. The summed E-state index contributed by atoms with van der Waals surface area (Å²) >= 11 is 0. The monoisotopic (exact) mass is 252 g/mol. The minimum atomic E-state index is -3.69. The molecule has 7 heteroatoms. The first-order valence-electron chi connectivity index (χ1n) is 5.12. The van der Waals surface area contributed by atoms with Crippen molar-refractivity contribution in [2.75, 3.05) is 34.0 Å². The number of phosphoric ester groups is 1. The molecule has 0 aliphatic carbocycles. The Bertz CT molecular complexity index is 240. The van der Waals surface area contributed by atoms with E-state index in [0.29, 0.717) is 0 Å². The van der Waals surface area contributed by atoms with Gasteiger partial charge in [0.25, 0.3) is 0 Å². The molecule has 96 valence electrons. The van der Waals surface area contributed by atoms with Crippen LogP contribution in [0.1, 0.15) is 13.8 Å². The first-order chi connectivity index (χ1) is 7.41. The molecular weight excluding hydrogens is 231 g/mol. The standard InChI is InChI=1S/C5H10N2.C4H11O4P/c1-6-3-4-7(2)5-6;1-3-7-9(5,6)8-4-2/h3-4H,5H2,1-2H3;3-4H2,1-2H3,(H,5,6). The summed E-state index contributed by atoms with van der Waals surface area (Å²) in [5.74, 6) is 0. The quantitative estimate of drug-likeness (QED) is 0.764. The Morgan fingerprint density at radius 2 is 1.56 bits per heavy atom. The molecule has 0 bridgehead atoms. The molecule has 1 aliphatic heterocycles. The Balaban J connectivity index is 0.000000288. The fourth-order valence-electron chi connectivity index (χ4n) is 1.04. The number of nitrogens with zero attached hydrogens (tertiary/aromatic N) is 2. The summed E-state index contributed by atoms with van der Waals surface area (Å²) in [6.45, 7) is 4.66. The molecule has 0 aromatic rings. The molecule has 0 aromatic heterocycles. The largest absolute Gasteiger partial charge is 0.472 e. The Hall–Kier alpha value is -0.550. The molecule has 1 N–H and O–H groups in total. The molecule has 0 aromatic carbocycles. The van der Waals surface area contributed by atoms with Gasteiger partial charge in [-0.15, -0.1) is 0 Å². The van der Waals surface area contributed by atoms with E-state index in [9.17, 15) is 4.57 Å². The molecular formula is C9H21N2O4P. The average molecular weight is 252 g/mol. The van der Waals surface area contributed by atoms with Gasteiger partial charge in [0.15, 0.2) is 0 Å². The molecule has 0 amide bonds. The highest BCUT2D eigenvalue weighted by Gasteiger charge is 2.17. The highest BCUT2D eigenvalue weighted by Crippen LogP contribution is 2.42. The van der Waals surface area contributed by atoms with Crippen LogP contribution < -0.4 is 0 Å². The third-order valence-electron chi connectivity index (χ3n) is 1.61. The number of rotatable bonds is 4. The molecule has 1 heterocycles. The van der Waals surface area contributed by atoms with Gasteiger partial charge in [0.05, 0.1) is 19.9 Å². The molecule has 0 saturated heterocycles. The van der Waals surface area contributed by atoms with Crippen LogP contribution in [0.4, 0.5) is 0 Å². The van der Waals surface area contributed by atoms with E-state index in [4.69, 9.17) is 4.89 Å². The van der Waals surface area contributed by atoms with Crippen LogP contribution in [0, 0.1) is 0 Å². The average Bonchev–Trinajstić information content (AvgIpc) is 2.50. The Labute approximate surface area is 97.1 Å².